The second kappa shape index (κ2) is 8.27. The van der Waals surface area contributed by atoms with Crippen LogP contribution in [0.2, 0.25) is 0 Å². The van der Waals surface area contributed by atoms with Gasteiger partial charge in [0, 0.05) is 24.3 Å². The van der Waals surface area contributed by atoms with Crippen molar-refractivity contribution in [2.45, 2.75) is 39.3 Å². The average molecular weight is 346 g/mol. The fourth-order valence-corrected chi connectivity index (χ4v) is 2.09. The highest BCUT2D eigenvalue weighted by Crippen LogP contribution is 2.20. The first-order chi connectivity index (χ1) is 11.9. The molecule has 0 bridgehead atoms. The zero-order valence-corrected chi connectivity index (χ0v) is 14.2. The third-order valence-corrected chi connectivity index (χ3v) is 3.46. The fourth-order valence-electron chi connectivity index (χ4n) is 2.09. The fraction of sp³-hybridized carbons (Fsp3) is 0.412. The van der Waals surface area contributed by atoms with Gasteiger partial charge < -0.3 is 15.4 Å². The molecule has 25 heavy (non-hydrogen) atoms. The van der Waals surface area contributed by atoms with E-state index < -0.39 is 17.3 Å². The lowest BCUT2D eigenvalue weighted by Gasteiger charge is -2.10. The summed E-state index contributed by atoms with van der Waals surface area (Å²) in [6.45, 7) is 4.14. The van der Waals surface area contributed by atoms with Crippen LogP contribution in [0.25, 0.3) is 6.08 Å². The number of carbonyl (C=O) groups excluding carboxylic acids is 2. The van der Waals surface area contributed by atoms with Gasteiger partial charge in [0.2, 0.25) is 5.88 Å². The molecule has 1 aromatic rings. The monoisotopic (exact) mass is 346 g/mol. The molecule has 1 heterocycles. The minimum Gasteiger partial charge on any atom is -0.493 e. The third-order valence-electron chi connectivity index (χ3n) is 3.46. The molecule has 8 nitrogen and oxygen atoms in total. The first-order valence-electron chi connectivity index (χ1n) is 8.11. The number of carbonyl (C=O) groups is 2. The SMILES string of the molecule is CC(C)Cn1ncc(/C=C/C=O)c[nH]c(=O)c(C(=O)NC2CC2)c1O. The maximum Gasteiger partial charge on any atom is 0.266 e. The molecule has 2 rings (SSSR count). The van der Waals surface area contributed by atoms with Gasteiger partial charge in [0.1, 0.15) is 6.29 Å². The van der Waals surface area contributed by atoms with Gasteiger partial charge in [-0.15, -0.1) is 0 Å². The molecule has 1 amide bonds. The van der Waals surface area contributed by atoms with Crippen molar-refractivity contribution in [3.8, 4) is 5.88 Å². The number of aromatic amines is 1. The summed E-state index contributed by atoms with van der Waals surface area (Å²) in [5.41, 5.74) is -0.695. The molecule has 0 spiro atoms. The summed E-state index contributed by atoms with van der Waals surface area (Å²) >= 11 is 0. The van der Waals surface area contributed by atoms with E-state index in [1.54, 1.807) is 0 Å². The van der Waals surface area contributed by atoms with Crippen molar-refractivity contribution >= 4 is 18.3 Å². The Morgan fingerprint density at radius 3 is 2.84 bits per heavy atom. The molecule has 3 N–H and O–H groups in total. The summed E-state index contributed by atoms with van der Waals surface area (Å²) in [7, 11) is 0. The summed E-state index contributed by atoms with van der Waals surface area (Å²) in [5, 5.41) is 17.4. The number of aromatic nitrogens is 3. The Morgan fingerprint density at radius 2 is 2.24 bits per heavy atom. The topological polar surface area (TPSA) is 117 Å². The molecular weight excluding hydrogens is 324 g/mol. The van der Waals surface area contributed by atoms with Gasteiger partial charge in [-0.1, -0.05) is 13.8 Å². The van der Waals surface area contributed by atoms with Crippen molar-refractivity contribution in [1.29, 1.82) is 0 Å². The van der Waals surface area contributed by atoms with Crippen LogP contribution in [0.15, 0.2) is 23.3 Å². The number of aldehydes is 1. The molecule has 134 valence electrons. The van der Waals surface area contributed by atoms with Gasteiger partial charge in [-0.2, -0.15) is 5.10 Å². The van der Waals surface area contributed by atoms with E-state index in [-0.39, 0.29) is 17.5 Å². The zero-order chi connectivity index (χ0) is 18.4. The highest BCUT2D eigenvalue weighted by atomic mass is 16.3. The number of rotatable bonds is 6. The van der Waals surface area contributed by atoms with Gasteiger partial charge in [-0.25, -0.2) is 4.68 Å². The molecule has 1 fully saturated rings. The maximum atomic E-state index is 12.4. The Labute approximate surface area is 144 Å². The van der Waals surface area contributed by atoms with Crippen molar-refractivity contribution in [2.24, 2.45) is 5.92 Å². The van der Waals surface area contributed by atoms with E-state index in [4.69, 9.17) is 0 Å². The van der Waals surface area contributed by atoms with Crippen molar-refractivity contribution < 1.29 is 14.7 Å². The Hall–Kier alpha value is -2.90. The predicted molar refractivity (Wildman–Crippen MR) is 92.6 cm³/mol. The van der Waals surface area contributed by atoms with E-state index in [0.717, 1.165) is 12.8 Å². The molecular formula is C17H22N4O4. The lowest BCUT2D eigenvalue weighted by molar-refractivity contribution is -0.104. The number of amides is 1. The van der Waals surface area contributed by atoms with Gasteiger partial charge in [0.05, 0.1) is 6.20 Å². The van der Waals surface area contributed by atoms with E-state index in [1.807, 2.05) is 13.8 Å². The molecule has 1 aromatic heterocycles. The van der Waals surface area contributed by atoms with Gasteiger partial charge in [-0.05, 0) is 30.9 Å². The molecule has 1 aliphatic carbocycles. The van der Waals surface area contributed by atoms with Crippen molar-refractivity contribution in [3.05, 3.63) is 40.0 Å². The number of aromatic hydroxyl groups is 1. The van der Waals surface area contributed by atoms with E-state index >= 15 is 0 Å². The Kier molecular flexibility index (Phi) is 6.10. The molecule has 1 aliphatic rings. The first-order valence-corrected chi connectivity index (χ1v) is 8.11. The molecule has 8 heteroatoms. The molecule has 0 aromatic carbocycles. The van der Waals surface area contributed by atoms with E-state index in [1.165, 1.54) is 29.2 Å². The van der Waals surface area contributed by atoms with Crippen LogP contribution in [0.3, 0.4) is 0 Å². The van der Waals surface area contributed by atoms with E-state index in [2.05, 4.69) is 15.4 Å². The number of nitrogens with one attached hydrogen (secondary N) is 2. The number of nitrogens with zero attached hydrogens (tertiary/aromatic N) is 2. The van der Waals surface area contributed by atoms with Crippen LogP contribution < -0.4 is 10.9 Å². The summed E-state index contributed by atoms with van der Waals surface area (Å²) in [5.74, 6) is -1.02. The number of allylic oxidation sites excluding steroid dienone is 1. The van der Waals surface area contributed by atoms with Crippen molar-refractivity contribution in [2.75, 3.05) is 0 Å². The zero-order valence-electron chi connectivity index (χ0n) is 14.2. The highest BCUT2D eigenvalue weighted by Gasteiger charge is 2.27. The lowest BCUT2D eigenvalue weighted by atomic mass is 10.2. The molecule has 0 radical (unpaired) electrons. The van der Waals surface area contributed by atoms with Crippen LogP contribution in [0.1, 0.15) is 42.6 Å². The first kappa shape index (κ1) is 18.4. The molecule has 0 aliphatic heterocycles. The molecule has 0 unspecified atom stereocenters. The van der Waals surface area contributed by atoms with Crippen LogP contribution >= 0.6 is 0 Å². The van der Waals surface area contributed by atoms with Crippen LogP contribution in [0.5, 0.6) is 5.88 Å². The summed E-state index contributed by atoms with van der Waals surface area (Å²) in [4.78, 5) is 37.7. The summed E-state index contributed by atoms with van der Waals surface area (Å²) in [6.07, 6.45) is 7.73. The van der Waals surface area contributed by atoms with Crippen LogP contribution in [0, 0.1) is 5.92 Å². The largest absolute Gasteiger partial charge is 0.493 e. The molecule has 0 atom stereocenters. The Balaban J connectivity index is 2.65. The summed E-state index contributed by atoms with van der Waals surface area (Å²) in [6, 6.07) is 0.0388. The van der Waals surface area contributed by atoms with E-state index in [0.29, 0.717) is 18.4 Å². The van der Waals surface area contributed by atoms with Crippen LogP contribution in [0.4, 0.5) is 0 Å². The standard InChI is InChI=1S/C17H22N4O4/c1-11(2)10-21-17(25)14(16(24)20-13-5-6-13)15(23)18-8-12(9-19-21)4-3-7-22/h3-4,7-9,11,13,25H,5-6,10H2,1-2H3,(H,18,23)(H,20,24)/b4-3+,12-8?,17-14?,19-9?. The minimum absolute atomic E-state index is 0.0388. The predicted octanol–water partition coefficient (Wildman–Crippen LogP) is 1.16. The van der Waals surface area contributed by atoms with Crippen molar-refractivity contribution in [1.82, 2.24) is 20.1 Å². The van der Waals surface area contributed by atoms with E-state index in [9.17, 15) is 19.5 Å². The van der Waals surface area contributed by atoms with Gasteiger partial charge in [-0.3, -0.25) is 14.4 Å². The number of hydrogen-bond donors (Lipinski definition) is 3. The number of hydrogen-bond acceptors (Lipinski definition) is 5. The second-order valence-electron chi connectivity index (χ2n) is 6.28. The highest BCUT2D eigenvalue weighted by molar-refractivity contribution is 5.96. The van der Waals surface area contributed by atoms with Gasteiger partial charge in [0.15, 0.2) is 5.56 Å². The second-order valence-corrected chi connectivity index (χ2v) is 6.28. The Bertz CT molecular complexity index is 786. The Morgan fingerprint density at radius 1 is 1.52 bits per heavy atom. The quantitative estimate of drug-likeness (QED) is 0.528. The molecule has 0 saturated heterocycles. The maximum absolute atomic E-state index is 12.4. The smallest absolute Gasteiger partial charge is 0.266 e. The summed E-state index contributed by atoms with van der Waals surface area (Å²) < 4.78 is 1.21. The number of H-pyrrole nitrogens is 1. The van der Waals surface area contributed by atoms with Crippen LogP contribution in [-0.2, 0) is 11.3 Å². The van der Waals surface area contributed by atoms with Crippen LogP contribution in [-0.4, -0.2) is 38.1 Å². The average Bonchev–Trinajstić information content (AvgIpc) is 3.35. The van der Waals surface area contributed by atoms with Crippen molar-refractivity contribution in [3.63, 3.8) is 0 Å². The van der Waals surface area contributed by atoms with Gasteiger partial charge >= 0.3 is 0 Å². The van der Waals surface area contributed by atoms with Gasteiger partial charge in [0.25, 0.3) is 11.5 Å². The molecule has 1 saturated carbocycles. The minimum atomic E-state index is -0.744. The normalized spacial score (nSPS) is 13.7. The third kappa shape index (κ3) is 5.30. The lowest BCUT2D eigenvalue weighted by Crippen LogP contribution is -2.31.